The number of hydrazone groups is 1. The molecule has 5 heteroatoms. The number of hydrogen-bond donors (Lipinski definition) is 2. The Morgan fingerprint density at radius 3 is 2.57 bits per heavy atom. The third-order valence-electron chi connectivity index (χ3n) is 2.94. The molecule has 104 valence electrons. The van der Waals surface area contributed by atoms with Crippen LogP contribution in [0.1, 0.15) is 6.92 Å². The lowest BCUT2D eigenvalue weighted by atomic mass is 10.3. The van der Waals surface area contributed by atoms with Crippen molar-refractivity contribution in [1.29, 1.82) is 0 Å². The van der Waals surface area contributed by atoms with E-state index in [9.17, 15) is 0 Å². The summed E-state index contributed by atoms with van der Waals surface area (Å²) in [6.45, 7) is 1.79. The van der Waals surface area contributed by atoms with Crippen LogP contribution in [0.2, 0.25) is 0 Å². The molecule has 0 amide bonds. The summed E-state index contributed by atoms with van der Waals surface area (Å²) in [6, 6.07) is 19.7. The number of aromatic nitrogens is 1. The number of amidine groups is 1. The lowest BCUT2D eigenvalue weighted by molar-refractivity contribution is 1.19. The van der Waals surface area contributed by atoms with Gasteiger partial charge in [-0.2, -0.15) is 5.10 Å². The minimum atomic E-state index is 0.553. The van der Waals surface area contributed by atoms with Gasteiger partial charge in [0, 0.05) is 10.9 Å². The zero-order valence-electron chi connectivity index (χ0n) is 11.6. The first-order valence-corrected chi connectivity index (χ1v) is 6.66. The van der Waals surface area contributed by atoms with Gasteiger partial charge in [0.25, 0.3) is 0 Å². The Bertz CT molecular complexity index is 754. The number of fused-ring (bicyclic) bond motifs is 1. The third kappa shape index (κ3) is 3.33. The zero-order chi connectivity index (χ0) is 14.5. The Kier molecular flexibility index (Phi) is 3.73. The Morgan fingerprint density at radius 2 is 1.76 bits per heavy atom. The molecule has 0 unspecified atom stereocenters. The Hall–Kier alpha value is -2.95. The second kappa shape index (κ2) is 6.00. The van der Waals surface area contributed by atoms with Crippen LogP contribution in [0.4, 0.5) is 11.5 Å². The van der Waals surface area contributed by atoms with Crippen molar-refractivity contribution in [3.8, 4) is 0 Å². The van der Waals surface area contributed by atoms with Gasteiger partial charge in [0.2, 0.25) is 0 Å². The minimum absolute atomic E-state index is 0.553. The first-order chi connectivity index (χ1) is 10.3. The molecule has 0 spiro atoms. The maximum Gasteiger partial charge on any atom is 0.168 e. The van der Waals surface area contributed by atoms with E-state index in [2.05, 4.69) is 25.7 Å². The molecule has 0 saturated heterocycles. The van der Waals surface area contributed by atoms with E-state index in [0.29, 0.717) is 11.7 Å². The Labute approximate surface area is 122 Å². The van der Waals surface area contributed by atoms with E-state index in [0.717, 1.165) is 16.6 Å². The molecule has 0 saturated carbocycles. The molecule has 21 heavy (non-hydrogen) atoms. The van der Waals surface area contributed by atoms with E-state index in [1.807, 2.05) is 60.7 Å². The normalized spacial score (nSPS) is 12.1. The van der Waals surface area contributed by atoms with Gasteiger partial charge < -0.3 is 4.98 Å². The van der Waals surface area contributed by atoms with Gasteiger partial charge in [0.15, 0.2) is 11.7 Å². The van der Waals surface area contributed by atoms with E-state index in [1.165, 1.54) is 0 Å². The zero-order valence-corrected chi connectivity index (χ0v) is 11.6. The number of rotatable bonds is 3. The predicted octanol–water partition coefficient (Wildman–Crippen LogP) is 4.70. The van der Waals surface area contributed by atoms with E-state index in [-0.39, 0.29) is 0 Å². The van der Waals surface area contributed by atoms with Crippen LogP contribution in [0.25, 0.3) is 10.9 Å². The molecule has 0 aliphatic heterocycles. The molecule has 2 aromatic carbocycles. The van der Waals surface area contributed by atoms with Crippen molar-refractivity contribution >= 4 is 28.2 Å². The number of aromatic amines is 1. The molecular formula is C16H15N5. The van der Waals surface area contributed by atoms with Crippen LogP contribution in [0.3, 0.4) is 0 Å². The molecular weight excluding hydrogens is 262 g/mol. The van der Waals surface area contributed by atoms with Crippen LogP contribution >= 0.6 is 0 Å². The molecule has 3 rings (SSSR count). The highest BCUT2D eigenvalue weighted by molar-refractivity contribution is 5.84. The van der Waals surface area contributed by atoms with Crippen molar-refractivity contribution in [3.63, 3.8) is 0 Å². The standard InChI is InChI=1S/C16H15N5/c1-12(18-20-14-8-3-2-4-9-14)19-21-16-11-13-7-5-6-10-15(13)17-16/h2-11,17,20H,1H3. The molecule has 0 atom stereocenters. The van der Waals surface area contributed by atoms with Crippen LogP contribution in [-0.2, 0) is 0 Å². The third-order valence-corrected chi connectivity index (χ3v) is 2.94. The summed E-state index contributed by atoms with van der Waals surface area (Å²) >= 11 is 0. The number of azo groups is 1. The predicted molar refractivity (Wildman–Crippen MR) is 86.0 cm³/mol. The second-order valence-corrected chi connectivity index (χ2v) is 4.58. The molecule has 2 N–H and O–H groups in total. The van der Waals surface area contributed by atoms with Gasteiger partial charge in [-0.25, -0.2) is 0 Å². The van der Waals surface area contributed by atoms with Gasteiger partial charge in [-0.05, 0) is 31.2 Å². The number of benzene rings is 2. The smallest absolute Gasteiger partial charge is 0.168 e. The van der Waals surface area contributed by atoms with Crippen molar-refractivity contribution in [2.75, 3.05) is 5.43 Å². The summed E-state index contributed by atoms with van der Waals surface area (Å²) in [4.78, 5) is 3.19. The van der Waals surface area contributed by atoms with Crippen molar-refractivity contribution in [2.24, 2.45) is 15.3 Å². The number of anilines is 1. The minimum Gasteiger partial charge on any atom is -0.338 e. The van der Waals surface area contributed by atoms with Crippen LogP contribution in [0, 0.1) is 0 Å². The van der Waals surface area contributed by atoms with Crippen LogP contribution in [-0.4, -0.2) is 10.8 Å². The topological polar surface area (TPSA) is 64.9 Å². The average molecular weight is 277 g/mol. The SMILES string of the molecule is CC(N=Nc1cc2ccccc2[nH]1)=NNc1ccccc1. The molecule has 0 aliphatic carbocycles. The monoisotopic (exact) mass is 277 g/mol. The Morgan fingerprint density at radius 1 is 1.00 bits per heavy atom. The fourth-order valence-corrected chi connectivity index (χ4v) is 1.92. The summed E-state index contributed by atoms with van der Waals surface area (Å²) in [7, 11) is 0. The van der Waals surface area contributed by atoms with E-state index >= 15 is 0 Å². The van der Waals surface area contributed by atoms with E-state index < -0.39 is 0 Å². The maximum absolute atomic E-state index is 4.16. The second-order valence-electron chi connectivity index (χ2n) is 4.58. The lowest BCUT2D eigenvalue weighted by Gasteiger charge is -1.98. The average Bonchev–Trinajstić information content (AvgIpc) is 2.95. The van der Waals surface area contributed by atoms with Crippen LogP contribution < -0.4 is 5.43 Å². The molecule has 0 fully saturated rings. The van der Waals surface area contributed by atoms with Crippen LogP contribution in [0.5, 0.6) is 0 Å². The summed E-state index contributed by atoms with van der Waals surface area (Å²) in [5, 5.41) is 13.5. The molecule has 3 aromatic rings. The van der Waals surface area contributed by atoms with E-state index in [4.69, 9.17) is 0 Å². The first-order valence-electron chi connectivity index (χ1n) is 6.66. The van der Waals surface area contributed by atoms with Crippen molar-refractivity contribution in [1.82, 2.24) is 4.98 Å². The fourth-order valence-electron chi connectivity index (χ4n) is 1.92. The summed E-state index contributed by atoms with van der Waals surface area (Å²) < 4.78 is 0. The van der Waals surface area contributed by atoms with Crippen molar-refractivity contribution < 1.29 is 0 Å². The highest BCUT2D eigenvalue weighted by Crippen LogP contribution is 2.20. The van der Waals surface area contributed by atoms with Gasteiger partial charge in [0.1, 0.15) is 0 Å². The van der Waals surface area contributed by atoms with Gasteiger partial charge in [0.05, 0.1) is 5.69 Å². The number of nitrogens with one attached hydrogen (secondary N) is 2. The first kappa shape index (κ1) is 13.1. The largest absolute Gasteiger partial charge is 0.338 e. The van der Waals surface area contributed by atoms with Gasteiger partial charge in [-0.3, -0.25) is 5.43 Å². The van der Waals surface area contributed by atoms with Crippen molar-refractivity contribution in [2.45, 2.75) is 6.92 Å². The number of nitrogens with zero attached hydrogens (tertiary/aromatic N) is 3. The van der Waals surface area contributed by atoms with Gasteiger partial charge in [-0.15, -0.1) is 10.2 Å². The Balaban J connectivity index is 1.70. The molecule has 0 aliphatic rings. The van der Waals surface area contributed by atoms with E-state index in [1.54, 1.807) is 6.92 Å². The molecule has 0 radical (unpaired) electrons. The van der Waals surface area contributed by atoms with Crippen LogP contribution in [0.15, 0.2) is 76.0 Å². The maximum atomic E-state index is 4.16. The number of hydrogen-bond acceptors (Lipinski definition) is 3. The van der Waals surface area contributed by atoms with Gasteiger partial charge in [-0.1, -0.05) is 36.4 Å². The summed E-state index contributed by atoms with van der Waals surface area (Å²) in [6.07, 6.45) is 0. The summed E-state index contributed by atoms with van der Waals surface area (Å²) in [5.41, 5.74) is 4.89. The summed E-state index contributed by atoms with van der Waals surface area (Å²) in [5.74, 6) is 1.27. The molecule has 1 heterocycles. The number of para-hydroxylation sites is 2. The van der Waals surface area contributed by atoms with Gasteiger partial charge >= 0.3 is 0 Å². The fraction of sp³-hybridized carbons (Fsp3) is 0.0625. The molecule has 0 bridgehead atoms. The highest BCUT2D eigenvalue weighted by atomic mass is 15.3. The lowest BCUT2D eigenvalue weighted by Crippen LogP contribution is -1.93. The van der Waals surface area contributed by atoms with Crippen molar-refractivity contribution in [3.05, 3.63) is 60.7 Å². The quantitative estimate of drug-likeness (QED) is 0.310. The molecule has 5 nitrogen and oxygen atoms in total. The number of H-pyrrole nitrogens is 1. The highest BCUT2D eigenvalue weighted by Gasteiger charge is 1.98. The molecule has 1 aromatic heterocycles.